The number of imide groups is 1. The van der Waals surface area contributed by atoms with Crippen molar-refractivity contribution in [1.82, 2.24) is 4.90 Å². The maximum absolute atomic E-state index is 12.4. The van der Waals surface area contributed by atoms with E-state index in [0.29, 0.717) is 20.6 Å². The van der Waals surface area contributed by atoms with Crippen molar-refractivity contribution in [3.8, 4) is 0 Å². The Bertz CT molecular complexity index is 825. The van der Waals surface area contributed by atoms with E-state index in [-0.39, 0.29) is 17.8 Å². The van der Waals surface area contributed by atoms with Crippen LogP contribution < -0.4 is 5.32 Å². The zero-order valence-electron chi connectivity index (χ0n) is 12.3. The van der Waals surface area contributed by atoms with Gasteiger partial charge in [-0.3, -0.25) is 14.5 Å². The number of carbonyl (C=O) groups excluding carboxylic acids is 2. The number of nitrogens with one attached hydrogen (secondary N) is 1. The third kappa shape index (κ3) is 3.75. The Morgan fingerprint density at radius 2 is 1.79 bits per heavy atom. The Kier molecular flexibility index (Phi) is 5.14. The Hall–Kier alpha value is -1.95. The Morgan fingerprint density at radius 1 is 1.04 bits per heavy atom. The Labute approximate surface area is 153 Å². The Balaban J connectivity index is 1.70. The highest BCUT2D eigenvalue weighted by Crippen LogP contribution is 2.32. The minimum atomic E-state index is -0.318. The molecular formula is C17H12Cl2N2O2S. The molecule has 3 rings (SSSR count). The molecule has 0 bridgehead atoms. The molecule has 4 nitrogen and oxygen atoms in total. The van der Waals surface area contributed by atoms with Crippen LogP contribution >= 0.6 is 35.0 Å². The number of hydrogen-bond donors (Lipinski definition) is 1. The molecule has 1 aliphatic heterocycles. The fourth-order valence-electron chi connectivity index (χ4n) is 2.11. The molecule has 0 atom stereocenters. The number of nitrogens with zero attached hydrogens (tertiary/aromatic N) is 1. The van der Waals surface area contributed by atoms with Gasteiger partial charge in [0.1, 0.15) is 0 Å². The van der Waals surface area contributed by atoms with Crippen LogP contribution in [-0.4, -0.2) is 22.7 Å². The number of halogens is 2. The summed E-state index contributed by atoms with van der Waals surface area (Å²) in [4.78, 5) is 26.0. The lowest BCUT2D eigenvalue weighted by Crippen LogP contribution is -2.33. The van der Waals surface area contributed by atoms with Gasteiger partial charge >= 0.3 is 0 Å². The van der Waals surface area contributed by atoms with Gasteiger partial charge in [0, 0.05) is 5.69 Å². The van der Waals surface area contributed by atoms with Crippen LogP contribution in [0.4, 0.5) is 10.5 Å². The second-order valence-electron chi connectivity index (χ2n) is 4.98. The van der Waals surface area contributed by atoms with Crippen molar-refractivity contribution in [1.29, 1.82) is 0 Å². The van der Waals surface area contributed by atoms with E-state index in [1.54, 1.807) is 24.3 Å². The maximum atomic E-state index is 12.4. The molecule has 1 heterocycles. The van der Waals surface area contributed by atoms with Crippen molar-refractivity contribution in [2.24, 2.45) is 0 Å². The summed E-state index contributed by atoms with van der Waals surface area (Å²) in [6, 6.07) is 14.4. The standard InChI is InChI=1S/C17H12Cl2N2O2S/c18-13-7-6-12(9-14(13)19)20-10-21-16(22)15(24-17(21)23)8-11-4-2-1-3-5-11/h1-9,20H,10H2. The van der Waals surface area contributed by atoms with Gasteiger partial charge in [-0.2, -0.15) is 0 Å². The molecule has 1 fully saturated rings. The minimum absolute atomic E-state index is 0.0642. The number of anilines is 1. The van der Waals surface area contributed by atoms with E-state index in [0.717, 1.165) is 22.2 Å². The minimum Gasteiger partial charge on any atom is -0.367 e. The van der Waals surface area contributed by atoms with Gasteiger partial charge < -0.3 is 5.32 Å². The molecule has 24 heavy (non-hydrogen) atoms. The van der Waals surface area contributed by atoms with Crippen LogP contribution in [0, 0.1) is 0 Å². The van der Waals surface area contributed by atoms with Crippen LogP contribution in [0.2, 0.25) is 10.0 Å². The molecule has 2 aromatic carbocycles. The molecule has 0 aromatic heterocycles. The van der Waals surface area contributed by atoms with Crippen LogP contribution in [0.25, 0.3) is 6.08 Å². The number of benzene rings is 2. The van der Waals surface area contributed by atoms with E-state index in [1.807, 2.05) is 30.3 Å². The van der Waals surface area contributed by atoms with Gasteiger partial charge in [0.2, 0.25) is 0 Å². The van der Waals surface area contributed by atoms with Crippen molar-refractivity contribution < 1.29 is 9.59 Å². The molecule has 122 valence electrons. The molecule has 1 saturated heterocycles. The molecule has 2 amide bonds. The normalized spacial score (nSPS) is 16.1. The van der Waals surface area contributed by atoms with Crippen molar-refractivity contribution in [3.05, 3.63) is 69.0 Å². The van der Waals surface area contributed by atoms with E-state index < -0.39 is 0 Å². The highest BCUT2D eigenvalue weighted by atomic mass is 35.5. The summed E-state index contributed by atoms with van der Waals surface area (Å²) in [6.45, 7) is 0.0642. The summed E-state index contributed by atoms with van der Waals surface area (Å²) in [6.07, 6.45) is 1.71. The average molecular weight is 379 g/mol. The van der Waals surface area contributed by atoms with Crippen LogP contribution in [0.5, 0.6) is 0 Å². The lowest BCUT2D eigenvalue weighted by molar-refractivity contribution is -0.122. The molecule has 0 unspecified atom stereocenters. The average Bonchev–Trinajstić information content (AvgIpc) is 2.83. The fraction of sp³-hybridized carbons (Fsp3) is 0.0588. The van der Waals surface area contributed by atoms with Gasteiger partial charge in [-0.1, -0.05) is 53.5 Å². The van der Waals surface area contributed by atoms with Gasteiger partial charge in [-0.15, -0.1) is 0 Å². The smallest absolute Gasteiger partial charge is 0.295 e. The summed E-state index contributed by atoms with van der Waals surface area (Å²) < 4.78 is 0. The van der Waals surface area contributed by atoms with Crippen molar-refractivity contribution in [2.75, 3.05) is 12.0 Å². The van der Waals surface area contributed by atoms with E-state index in [9.17, 15) is 9.59 Å². The second-order valence-corrected chi connectivity index (χ2v) is 6.79. The van der Waals surface area contributed by atoms with Crippen LogP contribution in [-0.2, 0) is 4.79 Å². The number of hydrogen-bond acceptors (Lipinski definition) is 4. The monoisotopic (exact) mass is 378 g/mol. The molecule has 0 radical (unpaired) electrons. The van der Waals surface area contributed by atoms with Crippen molar-refractivity contribution >= 4 is 57.9 Å². The summed E-state index contributed by atoms with van der Waals surface area (Å²) in [7, 11) is 0. The zero-order valence-corrected chi connectivity index (χ0v) is 14.7. The number of carbonyl (C=O) groups is 2. The summed E-state index contributed by atoms with van der Waals surface area (Å²) in [5.74, 6) is -0.318. The second kappa shape index (κ2) is 7.30. The quantitative estimate of drug-likeness (QED) is 0.751. The van der Waals surface area contributed by atoms with Crippen molar-refractivity contribution in [3.63, 3.8) is 0 Å². The SMILES string of the molecule is O=C1SC(=Cc2ccccc2)C(=O)N1CNc1ccc(Cl)c(Cl)c1. The summed E-state index contributed by atoms with van der Waals surface area (Å²) in [5.41, 5.74) is 1.55. The zero-order chi connectivity index (χ0) is 17.1. The summed E-state index contributed by atoms with van der Waals surface area (Å²) >= 11 is 12.7. The van der Waals surface area contributed by atoms with E-state index in [1.165, 1.54) is 0 Å². The van der Waals surface area contributed by atoms with Gasteiger partial charge in [-0.25, -0.2) is 0 Å². The lowest BCUT2D eigenvalue weighted by Gasteiger charge is -2.14. The number of thioether (sulfide) groups is 1. The number of rotatable bonds is 4. The molecule has 1 aliphatic rings. The van der Waals surface area contributed by atoms with Gasteiger partial charge in [0.25, 0.3) is 11.1 Å². The first-order valence-electron chi connectivity index (χ1n) is 7.04. The molecule has 0 saturated carbocycles. The first-order valence-corrected chi connectivity index (χ1v) is 8.61. The highest BCUT2D eigenvalue weighted by molar-refractivity contribution is 8.18. The third-order valence-electron chi connectivity index (χ3n) is 3.33. The van der Waals surface area contributed by atoms with Crippen LogP contribution in [0.3, 0.4) is 0 Å². The molecule has 1 N–H and O–H groups in total. The molecule has 7 heteroatoms. The molecular weight excluding hydrogens is 367 g/mol. The summed E-state index contributed by atoms with van der Waals surface area (Å²) in [5, 5.41) is 3.54. The van der Waals surface area contributed by atoms with Gasteiger partial charge in [0.15, 0.2) is 0 Å². The molecule has 0 spiro atoms. The molecule has 2 aromatic rings. The van der Waals surface area contributed by atoms with Gasteiger partial charge in [-0.05, 0) is 41.6 Å². The van der Waals surface area contributed by atoms with E-state index >= 15 is 0 Å². The topological polar surface area (TPSA) is 49.4 Å². The predicted molar refractivity (Wildman–Crippen MR) is 99.2 cm³/mol. The van der Waals surface area contributed by atoms with Crippen molar-refractivity contribution in [2.45, 2.75) is 0 Å². The first-order chi connectivity index (χ1) is 11.5. The van der Waals surface area contributed by atoms with Crippen LogP contribution in [0.15, 0.2) is 53.4 Å². The lowest BCUT2D eigenvalue weighted by atomic mass is 10.2. The maximum Gasteiger partial charge on any atom is 0.295 e. The first kappa shape index (κ1) is 16.9. The highest BCUT2D eigenvalue weighted by Gasteiger charge is 2.34. The Morgan fingerprint density at radius 3 is 2.50 bits per heavy atom. The van der Waals surface area contributed by atoms with Gasteiger partial charge in [0.05, 0.1) is 21.6 Å². The van der Waals surface area contributed by atoms with Crippen LogP contribution in [0.1, 0.15) is 5.56 Å². The largest absolute Gasteiger partial charge is 0.367 e. The molecule has 0 aliphatic carbocycles. The predicted octanol–water partition coefficient (Wildman–Crippen LogP) is 5.10. The number of amides is 2. The fourth-order valence-corrected chi connectivity index (χ4v) is 3.25. The van der Waals surface area contributed by atoms with E-state index in [2.05, 4.69) is 5.32 Å². The van der Waals surface area contributed by atoms with E-state index in [4.69, 9.17) is 23.2 Å². The third-order valence-corrected chi connectivity index (χ3v) is 4.98.